The molecule has 0 spiro atoms. The van der Waals surface area contributed by atoms with Crippen LogP contribution in [0.15, 0.2) is 0 Å². The highest BCUT2D eigenvalue weighted by molar-refractivity contribution is 4.56. The molecule has 0 saturated heterocycles. The van der Waals surface area contributed by atoms with E-state index in [1.54, 1.807) is 0 Å². The van der Waals surface area contributed by atoms with Gasteiger partial charge in [0.05, 0.1) is 6.67 Å². The first-order valence-electron chi connectivity index (χ1n) is 3.71. The van der Waals surface area contributed by atoms with E-state index < -0.39 is 6.17 Å². The van der Waals surface area contributed by atoms with Crippen LogP contribution in [0.1, 0.15) is 25.7 Å². The Morgan fingerprint density at radius 2 is 1.90 bits per heavy atom. The van der Waals surface area contributed by atoms with E-state index in [2.05, 4.69) is 0 Å². The van der Waals surface area contributed by atoms with Gasteiger partial charge in [0, 0.05) is 0 Å². The molecular formula is C7H15F2N. The van der Waals surface area contributed by atoms with Crippen LogP contribution in [0, 0.1) is 0 Å². The Morgan fingerprint density at radius 3 is 2.40 bits per heavy atom. The van der Waals surface area contributed by atoms with Crippen molar-refractivity contribution in [1.82, 2.24) is 0 Å². The minimum absolute atomic E-state index is 0.338. The van der Waals surface area contributed by atoms with Crippen molar-refractivity contribution in [1.29, 1.82) is 0 Å². The molecule has 10 heavy (non-hydrogen) atoms. The molecule has 0 amide bonds. The van der Waals surface area contributed by atoms with Gasteiger partial charge in [0.15, 0.2) is 0 Å². The first-order valence-corrected chi connectivity index (χ1v) is 3.71. The molecule has 2 N–H and O–H groups in total. The second kappa shape index (κ2) is 6.93. The third-order valence-corrected chi connectivity index (χ3v) is 1.38. The maximum absolute atomic E-state index is 12.5. The largest absolute Gasteiger partial charge is 0.330 e. The van der Waals surface area contributed by atoms with Crippen molar-refractivity contribution in [3.63, 3.8) is 0 Å². The smallest absolute Gasteiger partial charge is 0.101 e. The van der Waals surface area contributed by atoms with Gasteiger partial charge >= 0.3 is 0 Å². The summed E-state index contributed by atoms with van der Waals surface area (Å²) in [6.45, 7) is 0.0478. The summed E-state index contributed by atoms with van der Waals surface area (Å²) in [6, 6.07) is 0. The molecule has 0 aliphatic carbocycles. The van der Waals surface area contributed by atoms with Crippen LogP contribution in [-0.2, 0) is 0 Å². The molecule has 0 rings (SSSR count). The number of rotatable bonds is 6. The van der Waals surface area contributed by atoms with Gasteiger partial charge in [-0.3, -0.25) is 4.39 Å². The van der Waals surface area contributed by atoms with Crippen molar-refractivity contribution in [2.45, 2.75) is 31.9 Å². The number of hydrogen-bond donors (Lipinski definition) is 1. The van der Waals surface area contributed by atoms with Crippen LogP contribution < -0.4 is 5.73 Å². The monoisotopic (exact) mass is 151 g/mol. The lowest BCUT2D eigenvalue weighted by atomic mass is 10.1. The summed E-state index contributed by atoms with van der Waals surface area (Å²) in [6.07, 6.45) is 1.16. The number of hydrogen-bond acceptors (Lipinski definition) is 1. The standard InChI is InChI=1S/C7H15F2N/c8-5-2-1-3-7(9)4-6-10/h7H,1-6,10H2. The van der Waals surface area contributed by atoms with Gasteiger partial charge in [-0.25, -0.2) is 4.39 Å². The Bertz CT molecular complexity index is 68.6. The second-order valence-corrected chi connectivity index (χ2v) is 2.36. The summed E-state index contributed by atoms with van der Waals surface area (Å²) in [5.41, 5.74) is 5.12. The highest BCUT2D eigenvalue weighted by atomic mass is 19.1. The Kier molecular flexibility index (Phi) is 6.81. The number of nitrogens with two attached hydrogens (primary N) is 1. The molecule has 0 aliphatic heterocycles. The van der Waals surface area contributed by atoms with Crippen LogP contribution in [0.2, 0.25) is 0 Å². The van der Waals surface area contributed by atoms with Crippen LogP contribution >= 0.6 is 0 Å². The predicted molar refractivity (Wildman–Crippen MR) is 38.4 cm³/mol. The van der Waals surface area contributed by atoms with Gasteiger partial charge < -0.3 is 5.73 Å². The lowest BCUT2D eigenvalue weighted by Crippen LogP contribution is -2.08. The molecule has 0 aliphatic rings. The summed E-state index contributed by atoms with van der Waals surface area (Å²) in [7, 11) is 0. The van der Waals surface area contributed by atoms with Crippen LogP contribution in [0.4, 0.5) is 8.78 Å². The molecular weight excluding hydrogens is 136 g/mol. The Labute approximate surface area is 60.6 Å². The highest BCUT2D eigenvalue weighted by Gasteiger charge is 2.03. The van der Waals surface area contributed by atoms with E-state index in [-0.39, 0.29) is 6.67 Å². The van der Waals surface area contributed by atoms with Crippen molar-refractivity contribution in [2.75, 3.05) is 13.2 Å². The zero-order valence-electron chi connectivity index (χ0n) is 6.15. The van der Waals surface area contributed by atoms with Gasteiger partial charge in [-0.05, 0) is 32.2 Å². The molecule has 0 fully saturated rings. The number of halogens is 2. The average Bonchev–Trinajstić information content (AvgIpc) is 1.89. The Morgan fingerprint density at radius 1 is 1.20 bits per heavy atom. The molecule has 1 unspecified atom stereocenters. The van der Waals surface area contributed by atoms with Gasteiger partial charge in [-0.2, -0.15) is 0 Å². The van der Waals surface area contributed by atoms with Crippen molar-refractivity contribution in [3.05, 3.63) is 0 Å². The topological polar surface area (TPSA) is 26.0 Å². The second-order valence-electron chi connectivity index (χ2n) is 2.36. The number of alkyl halides is 2. The van der Waals surface area contributed by atoms with E-state index in [4.69, 9.17) is 5.73 Å². The molecule has 0 saturated carbocycles. The molecule has 0 aromatic heterocycles. The van der Waals surface area contributed by atoms with Gasteiger partial charge in [0.25, 0.3) is 0 Å². The summed E-state index contributed by atoms with van der Waals surface area (Å²) in [5, 5.41) is 0. The average molecular weight is 151 g/mol. The molecule has 3 heteroatoms. The fourth-order valence-corrected chi connectivity index (χ4v) is 0.786. The van der Waals surface area contributed by atoms with Crippen molar-refractivity contribution in [2.24, 2.45) is 5.73 Å². The van der Waals surface area contributed by atoms with Gasteiger partial charge in [-0.15, -0.1) is 0 Å². The molecule has 1 atom stereocenters. The quantitative estimate of drug-likeness (QED) is 0.576. The predicted octanol–water partition coefficient (Wildman–Crippen LogP) is 1.81. The third-order valence-electron chi connectivity index (χ3n) is 1.38. The zero-order chi connectivity index (χ0) is 7.82. The van der Waals surface area contributed by atoms with E-state index in [0.717, 1.165) is 0 Å². The normalized spacial score (nSPS) is 13.5. The first kappa shape index (κ1) is 9.82. The lowest BCUT2D eigenvalue weighted by Gasteiger charge is -2.03. The van der Waals surface area contributed by atoms with E-state index in [0.29, 0.717) is 32.2 Å². The summed E-state index contributed by atoms with van der Waals surface area (Å²) >= 11 is 0. The SMILES string of the molecule is NCCC(F)CCCCF. The van der Waals surface area contributed by atoms with Crippen molar-refractivity contribution in [3.8, 4) is 0 Å². The van der Waals surface area contributed by atoms with Gasteiger partial charge in [-0.1, -0.05) is 0 Å². The molecule has 0 heterocycles. The van der Waals surface area contributed by atoms with E-state index in [1.165, 1.54) is 0 Å². The molecule has 0 aromatic carbocycles. The van der Waals surface area contributed by atoms with Crippen LogP contribution in [0.25, 0.3) is 0 Å². The van der Waals surface area contributed by atoms with Crippen LogP contribution in [0.3, 0.4) is 0 Å². The van der Waals surface area contributed by atoms with E-state index >= 15 is 0 Å². The highest BCUT2D eigenvalue weighted by Crippen LogP contribution is 2.07. The number of unbranched alkanes of at least 4 members (excludes halogenated alkanes) is 1. The summed E-state index contributed by atoms with van der Waals surface area (Å²) < 4.78 is 24.0. The third kappa shape index (κ3) is 5.95. The van der Waals surface area contributed by atoms with Crippen molar-refractivity contribution < 1.29 is 8.78 Å². The lowest BCUT2D eigenvalue weighted by molar-refractivity contribution is 0.287. The van der Waals surface area contributed by atoms with Crippen LogP contribution in [-0.4, -0.2) is 19.4 Å². The van der Waals surface area contributed by atoms with Gasteiger partial charge in [0.1, 0.15) is 6.17 Å². The molecule has 0 bridgehead atoms. The fourth-order valence-electron chi connectivity index (χ4n) is 0.786. The minimum Gasteiger partial charge on any atom is -0.330 e. The molecule has 0 radical (unpaired) electrons. The molecule has 62 valence electrons. The Hall–Kier alpha value is -0.180. The van der Waals surface area contributed by atoms with E-state index in [1.807, 2.05) is 0 Å². The minimum atomic E-state index is -0.823. The van der Waals surface area contributed by atoms with E-state index in [9.17, 15) is 8.78 Å². The summed E-state index contributed by atoms with van der Waals surface area (Å²) in [4.78, 5) is 0. The first-order chi connectivity index (χ1) is 4.81. The summed E-state index contributed by atoms with van der Waals surface area (Å²) in [5.74, 6) is 0. The maximum atomic E-state index is 12.5. The van der Waals surface area contributed by atoms with Crippen LogP contribution in [0.5, 0.6) is 0 Å². The molecule has 0 aromatic rings. The van der Waals surface area contributed by atoms with Crippen molar-refractivity contribution >= 4 is 0 Å². The molecule has 1 nitrogen and oxygen atoms in total. The fraction of sp³-hybridized carbons (Fsp3) is 1.00. The maximum Gasteiger partial charge on any atom is 0.101 e. The van der Waals surface area contributed by atoms with Gasteiger partial charge in [0.2, 0.25) is 0 Å². The zero-order valence-corrected chi connectivity index (χ0v) is 6.15. The Balaban J connectivity index is 2.97.